The number of carbonyl (C=O) groups is 1. The van der Waals surface area contributed by atoms with E-state index in [1.54, 1.807) is 19.2 Å². The van der Waals surface area contributed by atoms with E-state index >= 15 is 0 Å². The Morgan fingerprint density at radius 2 is 1.94 bits per heavy atom. The van der Waals surface area contributed by atoms with Crippen molar-refractivity contribution in [3.05, 3.63) is 63.6 Å². The van der Waals surface area contributed by atoms with Gasteiger partial charge < -0.3 is 19.6 Å². The van der Waals surface area contributed by atoms with Crippen LogP contribution < -0.4 is 10.1 Å². The second kappa shape index (κ2) is 9.83. The molecule has 1 aliphatic heterocycles. The molecule has 1 saturated heterocycles. The number of fused-ring (bicyclic) bond motifs is 1. The van der Waals surface area contributed by atoms with Gasteiger partial charge >= 0.3 is 0 Å². The number of likely N-dealkylation sites (N-methyl/N-ethyl adjacent to an activating group) is 1. The lowest BCUT2D eigenvalue weighted by atomic mass is 9.55. The van der Waals surface area contributed by atoms with Gasteiger partial charge in [-0.3, -0.25) is 4.79 Å². The minimum Gasteiger partial charge on any atom is -0.497 e. The van der Waals surface area contributed by atoms with Crippen LogP contribution in [0.1, 0.15) is 49.7 Å². The van der Waals surface area contributed by atoms with E-state index in [0.29, 0.717) is 22.9 Å². The van der Waals surface area contributed by atoms with Gasteiger partial charge in [-0.1, -0.05) is 41.4 Å². The summed E-state index contributed by atoms with van der Waals surface area (Å²) in [6, 6.07) is 13.5. The first-order valence-corrected chi connectivity index (χ1v) is 13.8. The number of likely N-dealkylation sites (tertiary alicyclic amines) is 1. The first-order chi connectivity index (χ1) is 17.1. The molecule has 4 atom stereocenters. The van der Waals surface area contributed by atoms with Crippen LogP contribution in [0.15, 0.2) is 42.5 Å². The number of nitrogens with one attached hydrogen (secondary N) is 1. The van der Waals surface area contributed by atoms with Crippen molar-refractivity contribution in [2.45, 2.75) is 62.0 Å². The fourth-order valence-electron chi connectivity index (χ4n) is 6.87. The van der Waals surface area contributed by atoms with Crippen LogP contribution >= 0.6 is 23.2 Å². The zero-order valence-electron chi connectivity index (χ0n) is 21.2. The molecule has 1 heterocycles. The minimum absolute atomic E-state index is 0.00737. The summed E-state index contributed by atoms with van der Waals surface area (Å²) < 4.78 is 6.49. The summed E-state index contributed by atoms with van der Waals surface area (Å²) in [6.45, 7) is 2.94. The number of hydrogen-bond acceptors (Lipinski definition) is 3. The molecule has 2 aromatic rings. The summed E-state index contributed by atoms with van der Waals surface area (Å²) in [5.74, 6) is 1.57. The largest absolute Gasteiger partial charge is 0.497 e. The Morgan fingerprint density at radius 1 is 1.14 bits per heavy atom. The predicted octanol–water partition coefficient (Wildman–Crippen LogP) is 5.14. The number of ether oxygens (including phenoxy) is 1. The van der Waals surface area contributed by atoms with Crippen molar-refractivity contribution in [2.75, 3.05) is 33.8 Å². The maximum atomic E-state index is 13.0. The number of halogens is 2. The number of aliphatic hydroxyl groups is 1. The van der Waals surface area contributed by atoms with Gasteiger partial charge in [0.05, 0.1) is 43.7 Å². The highest BCUT2D eigenvalue weighted by Crippen LogP contribution is 2.53. The van der Waals surface area contributed by atoms with Crippen molar-refractivity contribution in [1.82, 2.24) is 5.32 Å². The van der Waals surface area contributed by atoms with Crippen molar-refractivity contribution in [2.24, 2.45) is 5.92 Å². The van der Waals surface area contributed by atoms with Crippen molar-refractivity contribution < 1.29 is 19.1 Å². The number of amides is 1. The molecule has 1 amide bonds. The number of methoxy groups -OCH3 is 1. The maximum Gasteiger partial charge on any atom is 0.224 e. The fraction of sp³-hybridized carbons (Fsp3) is 0.552. The Balaban J connectivity index is 1.38. The predicted molar refractivity (Wildman–Crippen MR) is 144 cm³/mol. The van der Waals surface area contributed by atoms with Gasteiger partial charge in [-0.15, -0.1) is 0 Å². The van der Waals surface area contributed by atoms with Crippen LogP contribution in [0, 0.1) is 5.92 Å². The molecule has 0 radical (unpaired) electrons. The number of piperidine rings is 1. The van der Waals surface area contributed by atoms with Gasteiger partial charge in [-0.2, -0.15) is 0 Å². The summed E-state index contributed by atoms with van der Waals surface area (Å²) in [5, 5.41) is 16.6. The van der Waals surface area contributed by atoms with Gasteiger partial charge in [0, 0.05) is 23.8 Å². The second-order valence-corrected chi connectivity index (χ2v) is 12.5. The summed E-state index contributed by atoms with van der Waals surface area (Å²) >= 11 is 12.2. The Hall–Kier alpha value is -1.79. The molecule has 3 aliphatic rings. The highest BCUT2D eigenvalue weighted by atomic mass is 35.5. The van der Waals surface area contributed by atoms with Gasteiger partial charge in [0.2, 0.25) is 5.91 Å². The van der Waals surface area contributed by atoms with Crippen LogP contribution in [0.5, 0.6) is 5.75 Å². The molecular formula is C29H37Cl2N2O3+. The average molecular weight is 533 g/mol. The molecule has 0 aromatic heterocycles. The van der Waals surface area contributed by atoms with Crippen LogP contribution in [0.4, 0.5) is 0 Å². The monoisotopic (exact) mass is 531 g/mol. The average Bonchev–Trinajstić information content (AvgIpc) is 3.65. The lowest BCUT2D eigenvalue weighted by Crippen LogP contribution is -2.71. The molecule has 2 N–H and O–H groups in total. The molecule has 0 spiro atoms. The smallest absolute Gasteiger partial charge is 0.224 e. The molecular weight excluding hydrogens is 495 g/mol. The molecule has 194 valence electrons. The summed E-state index contributed by atoms with van der Waals surface area (Å²) in [5.41, 5.74) is 0.697. The van der Waals surface area contributed by atoms with Gasteiger partial charge in [-0.25, -0.2) is 0 Å². The number of rotatable bonds is 7. The van der Waals surface area contributed by atoms with E-state index in [1.807, 2.05) is 18.2 Å². The maximum absolute atomic E-state index is 13.0. The number of carbonyl (C=O) groups excluding carboxylic acids is 1. The standard InChI is InChI=1S/C29H36Cl2N2O3/c1-33(18-20-6-7-20)13-12-28(22-4-3-5-24(16-22)36-2)17-23(10-11-29(28,35)19-33)32-27(34)15-21-8-9-25(30)26(31)14-21/h3-5,8-9,14,16,20,23,35H,6-7,10-13,15,17-19H2,1-2H3/p+1/t23-,28-,29?,33+/m0/s1. The number of benzene rings is 2. The van der Waals surface area contributed by atoms with Crippen molar-refractivity contribution in [1.29, 1.82) is 0 Å². The van der Waals surface area contributed by atoms with Gasteiger partial charge in [-0.05, 0) is 67.5 Å². The third-order valence-corrected chi connectivity index (χ3v) is 9.58. The lowest BCUT2D eigenvalue weighted by Gasteiger charge is -2.59. The van der Waals surface area contributed by atoms with Crippen LogP contribution in [0.3, 0.4) is 0 Å². The third-order valence-electron chi connectivity index (χ3n) is 8.85. The van der Waals surface area contributed by atoms with Crippen molar-refractivity contribution >= 4 is 29.1 Å². The Morgan fingerprint density at radius 3 is 2.67 bits per heavy atom. The Kier molecular flexibility index (Phi) is 7.05. The van der Waals surface area contributed by atoms with E-state index < -0.39 is 11.0 Å². The fourth-order valence-corrected chi connectivity index (χ4v) is 7.19. The molecule has 5 nitrogen and oxygen atoms in total. The molecule has 2 aromatic carbocycles. The molecule has 36 heavy (non-hydrogen) atoms. The van der Waals surface area contributed by atoms with E-state index in [-0.39, 0.29) is 18.4 Å². The Labute approximate surface area is 224 Å². The summed E-state index contributed by atoms with van der Waals surface area (Å²) in [4.78, 5) is 13.0. The van der Waals surface area contributed by atoms with Crippen LogP contribution in [-0.4, -0.2) is 60.9 Å². The van der Waals surface area contributed by atoms with E-state index in [2.05, 4.69) is 24.5 Å². The molecule has 1 unspecified atom stereocenters. The molecule has 7 heteroatoms. The van der Waals surface area contributed by atoms with Gasteiger partial charge in [0.1, 0.15) is 17.9 Å². The van der Waals surface area contributed by atoms with Crippen LogP contribution in [0.25, 0.3) is 0 Å². The first kappa shape index (κ1) is 25.8. The first-order valence-electron chi connectivity index (χ1n) is 13.1. The lowest BCUT2D eigenvalue weighted by molar-refractivity contribution is -0.925. The SMILES string of the molecule is COc1cccc([C@@]23CC[N@+](C)(CC4CC4)CC2(O)CC[C@H](NC(=O)Cc2ccc(Cl)c(Cl)c2)C3)c1. The van der Waals surface area contributed by atoms with E-state index in [1.165, 1.54) is 12.8 Å². The topological polar surface area (TPSA) is 58.6 Å². The highest BCUT2D eigenvalue weighted by molar-refractivity contribution is 6.42. The van der Waals surface area contributed by atoms with E-state index in [4.69, 9.17) is 27.9 Å². The van der Waals surface area contributed by atoms with Gasteiger partial charge in [0.15, 0.2) is 0 Å². The molecule has 2 saturated carbocycles. The Bertz CT molecular complexity index is 1140. The minimum atomic E-state index is -0.827. The molecule has 2 aliphatic carbocycles. The third kappa shape index (κ3) is 5.13. The zero-order chi connectivity index (χ0) is 25.6. The normalized spacial score (nSPS) is 32.0. The zero-order valence-corrected chi connectivity index (χ0v) is 22.7. The number of hydrogen-bond donors (Lipinski definition) is 2. The summed E-state index contributed by atoms with van der Waals surface area (Å²) in [7, 11) is 4.00. The van der Waals surface area contributed by atoms with Gasteiger partial charge in [0.25, 0.3) is 0 Å². The summed E-state index contributed by atoms with van der Waals surface area (Å²) in [6.07, 6.45) is 5.92. The number of quaternary nitrogens is 1. The quantitative estimate of drug-likeness (QED) is 0.486. The molecule has 5 rings (SSSR count). The van der Waals surface area contributed by atoms with Crippen LogP contribution in [-0.2, 0) is 16.6 Å². The molecule has 3 fully saturated rings. The number of nitrogens with zero attached hydrogens (tertiary/aromatic N) is 1. The van der Waals surface area contributed by atoms with Crippen molar-refractivity contribution in [3.8, 4) is 5.75 Å². The van der Waals surface area contributed by atoms with E-state index in [9.17, 15) is 9.90 Å². The molecule has 0 bridgehead atoms. The van der Waals surface area contributed by atoms with Crippen molar-refractivity contribution in [3.63, 3.8) is 0 Å². The van der Waals surface area contributed by atoms with E-state index in [0.717, 1.165) is 59.8 Å². The highest BCUT2D eigenvalue weighted by Gasteiger charge is 2.62. The second-order valence-electron chi connectivity index (χ2n) is 11.7. The van der Waals surface area contributed by atoms with Crippen LogP contribution in [0.2, 0.25) is 10.0 Å².